The number of halogens is 1. The lowest BCUT2D eigenvalue weighted by Crippen LogP contribution is -2.55. The first-order valence-corrected chi connectivity index (χ1v) is 13.0. The smallest absolute Gasteiger partial charge is 0.289 e. The molecule has 0 aliphatic rings. The number of nitrogens with one attached hydrogen (secondary N) is 5. The van der Waals surface area contributed by atoms with Gasteiger partial charge in [-0.2, -0.15) is 0 Å². The number of aromatic nitrogens is 2. The maximum atomic E-state index is 14.2. The van der Waals surface area contributed by atoms with Crippen molar-refractivity contribution in [3.8, 4) is 5.75 Å². The number of carbonyl (C=O) groups excluding carboxylic acids is 4. The van der Waals surface area contributed by atoms with Crippen molar-refractivity contribution >= 4 is 34.4 Å². The van der Waals surface area contributed by atoms with Gasteiger partial charge in [0.2, 0.25) is 11.7 Å². The molecule has 220 valence electrons. The summed E-state index contributed by atoms with van der Waals surface area (Å²) in [5.41, 5.74) is 0.0898. The molecule has 0 radical (unpaired) electrons. The van der Waals surface area contributed by atoms with E-state index in [0.717, 1.165) is 0 Å². The zero-order valence-electron chi connectivity index (χ0n) is 23.3. The molecule has 41 heavy (non-hydrogen) atoms. The van der Waals surface area contributed by atoms with Crippen molar-refractivity contribution < 1.29 is 33.0 Å². The highest BCUT2D eigenvalue weighted by atomic mass is 19.1. The Morgan fingerprint density at radius 1 is 1.05 bits per heavy atom. The number of amides is 3. The van der Waals surface area contributed by atoms with Gasteiger partial charge >= 0.3 is 0 Å². The number of ketones is 1. The van der Waals surface area contributed by atoms with Crippen LogP contribution < -0.4 is 26.2 Å². The molecule has 0 aliphatic heterocycles. The number of H-pyrrole nitrogens is 2. The third kappa shape index (κ3) is 8.24. The van der Waals surface area contributed by atoms with E-state index < -0.39 is 47.0 Å². The SMILES string of the molecule is CNC(=O)C(=O)C(Cc1ccc[nH]c1=O)NC(=O)C(CC(C)C)NC(=O)c1cc2c(OCCOC)cc(F)cc2[nH]1. The van der Waals surface area contributed by atoms with Gasteiger partial charge in [0, 0.05) is 43.8 Å². The molecular formula is C28H34FN5O7. The molecule has 0 saturated heterocycles. The molecule has 3 aromatic rings. The Labute approximate surface area is 235 Å². The monoisotopic (exact) mass is 571 g/mol. The van der Waals surface area contributed by atoms with Crippen LogP contribution in [0.2, 0.25) is 0 Å². The number of methoxy groups -OCH3 is 1. The molecule has 0 bridgehead atoms. The van der Waals surface area contributed by atoms with Gasteiger partial charge < -0.3 is 35.4 Å². The van der Waals surface area contributed by atoms with Gasteiger partial charge in [-0.3, -0.25) is 24.0 Å². The fourth-order valence-corrected chi connectivity index (χ4v) is 4.19. The number of Topliss-reactive ketones (excluding diaryl/α,β-unsaturated/α-hetero) is 1. The van der Waals surface area contributed by atoms with Gasteiger partial charge in [0.1, 0.15) is 36.0 Å². The average molecular weight is 572 g/mol. The Kier molecular flexibility index (Phi) is 10.8. The van der Waals surface area contributed by atoms with Crippen molar-refractivity contribution in [3.05, 3.63) is 64.0 Å². The second kappa shape index (κ2) is 14.2. The van der Waals surface area contributed by atoms with E-state index >= 15 is 0 Å². The van der Waals surface area contributed by atoms with E-state index in [0.29, 0.717) is 10.9 Å². The van der Waals surface area contributed by atoms with Crippen LogP contribution in [-0.2, 0) is 25.5 Å². The van der Waals surface area contributed by atoms with Crippen molar-refractivity contribution in [1.82, 2.24) is 25.9 Å². The molecule has 0 saturated carbocycles. The van der Waals surface area contributed by atoms with Crippen LogP contribution >= 0.6 is 0 Å². The van der Waals surface area contributed by atoms with Crippen LogP contribution in [0.4, 0.5) is 4.39 Å². The first-order chi connectivity index (χ1) is 19.5. The van der Waals surface area contributed by atoms with E-state index in [9.17, 15) is 28.4 Å². The quantitative estimate of drug-likeness (QED) is 0.143. The number of hydrogen-bond donors (Lipinski definition) is 5. The van der Waals surface area contributed by atoms with Crippen LogP contribution in [0.5, 0.6) is 5.75 Å². The average Bonchev–Trinajstić information content (AvgIpc) is 3.36. The zero-order valence-corrected chi connectivity index (χ0v) is 23.3. The molecule has 0 fully saturated rings. The molecule has 3 amide bonds. The molecule has 0 spiro atoms. The third-order valence-corrected chi connectivity index (χ3v) is 6.19. The number of benzene rings is 1. The fraction of sp³-hybridized carbons (Fsp3) is 0.393. The lowest BCUT2D eigenvalue weighted by Gasteiger charge is -2.23. The van der Waals surface area contributed by atoms with Crippen LogP contribution in [-0.4, -0.2) is 72.9 Å². The summed E-state index contributed by atoms with van der Waals surface area (Å²) in [7, 11) is 2.78. The van der Waals surface area contributed by atoms with Gasteiger partial charge in [0.05, 0.1) is 12.1 Å². The lowest BCUT2D eigenvalue weighted by molar-refractivity contribution is -0.140. The molecule has 2 atom stereocenters. The maximum Gasteiger partial charge on any atom is 0.289 e. The number of hydrogen-bond acceptors (Lipinski definition) is 7. The molecule has 2 aromatic heterocycles. The number of rotatable bonds is 14. The summed E-state index contributed by atoms with van der Waals surface area (Å²) in [6, 6.07) is 4.47. The molecule has 3 rings (SSSR count). The zero-order chi connectivity index (χ0) is 30.1. The Morgan fingerprint density at radius 2 is 1.80 bits per heavy atom. The summed E-state index contributed by atoms with van der Waals surface area (Å²) in [6.07, 6.45) is 1.38. The Bertz CT molecular complexity index is 1470. The third-order valence-electron chi connectivity index (χ3n) is 6.19. The van der Waals surface area contributed by atoms with Crippen molar-refractivity contribution in [2.24, 2.45) is 5.92 Å². The fourth-order valence-electron chi connectivity index (χ4n) is 4.19. The van der Waals surface area contributed by atoms with E-state index in [4.69, 9.17) is 9.47 Å². The number of likely N-dealkylation sites (N-methyl/N-ethyl adjacent to an activating group) is 1. The summed E-state index contributed by atoms with van der Waals surface area (Å²) in [6.45, 7) is 4.14. The van der Waals surface area contributed by atoms with Crippen LogP contribution in [0.15, 0.2) is 41.3 Å². The normalized spacial score (nSPS) is 12.5. The molecule has 12 nitrogen and oxygen atoms in total. The maximum absolute atomic E-state index is 14.2. The van der Waals surface area contributed by atoms with Crippen molar-refractivity contribution in [2.45, 2.75) is 38.8 Å². The highest BCUT2D eigenvalue weighted by molar-refractivity contribution is 6.38. The second-order valence-corrected chi connectivity index (χ2v) is 9.78. The Morgan fingerprint density at radius 3 is 2.46 bits per heavy atom. The number of ether oxygens (including phenoxy) is 2. The van der Waals surface area contributed by atoms with Crippen molar-refractivity contribution in [3.63, 3.8) is 0 Å². The molecule has 13 heteroatoms. The topological polar surface area (TPSA) is 171 Å². The molecular weight excluding hydrogens is 537 g/mol. The standard InChI is InChI=1S/C28H34FN5O7/c1-15(2)10-21(26(37)33-20(24(35)28(39)30-3)11-16-6-5-7-31-25(16)36)34-27(38)22-14-18-19(32-22)12-17(29)13-23(18)41-9-8-40-4/h5-7,12-15,20-21,32H,8-11H2,1-4H3,(H,30,39)(H,31,36)(H,33,37)(H,34,38). The number of pyridine rings is 1. The highest BCUT2D eigenvalue weighted by Crippen LogP contribution is 2.28. The summed E-state index contributed by atoms with van der Waals surface area (Å²) in [4.78, 5) is 69.0. The minimum Gasteiger partial charge on any atom is -0.490 e. The van der Waals surface area contributed by atoms with Crippen molar-refractivity contribution in [1.29, 1.82) is 0 Å². The number of aromatic amines is 2. The van der Waals surface area contributed by atoms with Crippen LogP contribution in [0.25, 0.3) is 10.9 Å². The van der Waals surface area contributed by atoms with Crippen LogP contribution in [0.1, 0.15) is 36.3 Å². The van der Waals surface area contributed by atoms with E-state index in [2.05, 4.69) is 25.9 Å². The van der Waals surface area contributed by atoms with Gasteiger partial charge in [-0.15, -0.1) is 0 Å². The lowest BCUT2D eigenvalue weighted by atomic mass is 9.99. The van der Waals surface area contributed by atoms with Gasteiger partial charge in [-0.05, 0) is 30.5 Å². The van der Waals surface area contributed by atoms with E-state index in [1.165, 1.54) is 44.6 Å². The molecule has 2 heterocycles. The Hall–Kier alpha value is -4.52. The van der Waals surface area contributed by atoms with Crippen molar-refractivity contribution in [2.75, 3.05) is 27.4 Å². The summed E-state index contributed by atoms with van der Waals surface area (Å²) in [5.74, 6) is -3.66. The molecule has 1 aromatic carbocycles. The Balaban J connectivity index is 1.84. The first-order valence-electron chi connectivity index (χ1n) is 13.0. The van der Waals surface area contributed by atoms with Gasteiger partial charge in [-0.25, -0.2) is 4.39 Å². The van der Waals surface area contributed by atoms with Gasteiger partial charge in [-0.1, -0.05) is 19.9 Å². The second-order valence-electron chi connectivity index (χ2n) is 9.78. The largest absolute Gasteiger partial charge is 0.490 e. The molecule has 0 aliphatic carbocycles. The van der Waals surface area contributed by atoms with Crippen LogP contribution in [0, 0.1) is 11.7 Å². The van der Waals surface area contributed by atoms with Gasteiger partial charge in [0.15, 0.2) is 0 Å². The van der Waals surface area contributed by atoms with E-state index in [1.807, 2.05) is 13.8 Å². The molecule has 5 N–H and O–H groups in total. The predicted molar refractivity (Wildman–Crippen MR) is 148 cm³/mol. The van der Waals surface area contributed by atoms with Crippen LogP contribution in [0.3, 0.4) is 0 Å². The number of carbonyl (C=O) groups is 4. The number of fused-ring (bicyclic) bond motifs is 1. The first kappa shape index (κ1) is 31.0. The van der Waals surface area contributed by atoms with Gasteiger partial charge in [0.25, 0.3) is 17.4 Å². The predicted octanol–water partition coefficient (Wildman–Crippen LogP) is 1.21. The summed E-state index contributed by atoms with van der Waals surface area (Å²) < 4.78 is 24.7. The summed E-state index contributed by atoms with van der Waals surface area (Å²) in [5, 5.41) is 7.88. The minimum absolute atomic E-state index is 0.0475. The summed E-state index contributed by atoms with van der Waals surface area (Å²) >= 11 is 0. The van der Waals surface area contributed by atoms with E-state index in [1.54, 1.807) is 6.07 Å². The highest BCUT2D eigenvalue weighted by Gasteiger charge is 2.31. The van der Waals surface area contributed by atoms with E-state index in [-0.39, 0.29) is 49.0 Å². The minimum atomic E-state index is -1.36. The molecule has 2 unspecified atom stereocenters.